The molecule has 0 radical (unpaired) electrons. The summed E-state index contributed by atoms with van der Waals surface area (Å²) in [6.45, 7) is 7.50. The topological polar surface area (TPSA) is 26.3 Å². The number of fused-ring (bicyclic) bond motifs is 9. The third-order valence-electron chi connectivity index (χ3n) is 9.83. The first kappa shape index (κ1) is 16.8. The molecular formula is C25H32O2. The summed E-state index contributed by atoms with van der Waals surface area (Å²) in [7, 11) is 0. The molecule has 4 unspecified atom stereocenters. The Bertz CT molecular complexity index is 762. The number of ketones is 1. The molecule has 0 saturated heterocycles. The van der Waals surface area contributed by atoms with Crippen molar-refractivity contribution in [2.45, 2.75) is 57.5 Å². The van der Waals surface area contributed by atoms with E-state index in [2.05, 4.69) is 31.7 Å². The molecule has 1 heterocycles. The summed E-state index contributed by atoms with van der Waals surface area (Å²) in [4.78, 5) is 12.1. The van der Waals surface area contributed by atoms with E-state index in [1.54, 1.807) is 0 Å². The zero-order valence-corrected chi connectivity index (χ0v) is 16.5. The van der Waals surface area contributed by atoms with E-state index >= 15 is 0 Å². The van der Waals surface area contributed by atoms with Crippen LogP contribution in [0.5, 0.6) is 0 Å². The average molecular weight is 365 g/mol. The van der Waals surface area contributed by atoms with Crippen LogP contribution in [0.2, 0.25) is 0 Å². The standard InChI is InChI=1S/C25H32O2/c1-3-15-12-16-13-17(26)6-7-18(16)19-8-10-24(4-2)23(22(15)19)20-14-21(20)25(24)9-5-11-27-25/h3,5,9,13,15,18-23H,1,4,6-8,10-12,14H2,2H3/t15?,18-,19?,20+,21-,22?,23?,24-,25-/m0/s1. The summed E-state index contributed by atoms with van der Waals surface area (Å²) < 4.78 is 6.60. The molecule has 0 bridgehead atoms. The maximum atomic E-state index is 12.1. The van der Waals surface area contributed by atoms with Crippen LogP contribution in [-0.2, 0) is 9.53 Å². The number of rotatable bonds is 2. The van der Waals surface area contributed by atoms with Crippen LogP contribution in [0, 0.1) is 46.8 Å². The molecule has 1 aliphatic heterocycles. The largest absolute Gasteiger partial charge is 0.366 e. The Labute approximate surface area is 163 Å². The summed E-state index contributed by atoms with van der Waals surface area (Å²) in [6.07, 6.45) is 17.2. The Morgan fingerprint density at radius 1 is 1.33 bits per heavy atom. The van der Waals surface area contributed by atoms with Crippen molar-refractivity contribution < 1.29 is 9.53 Å². The molecule has 9 atom stereocenters. The van der Waals surface area contributed by atoms with Crippen LogP contribution in [0.15, 0.2) is 36.5 Å². The molecule has 27 heavy (non-hydrogen) atoms. The molecule has 5 aliphatic carbocycles. The molecule has 144 valence electrons. The third-order valence-corrected chi connectivity index (χ3v) is 9.83. The monoisotopic (exact) mass is 364 g/mol. The highest BCUT2D eigenvalue weighted by molar-refractivity contribution is 5.91. The molecule has 0 aromatic heterocycles. The fourth-order valence-corrected chi connectivity index (χ4v) is 9.00. The summed E-state index contributed by atoms with van der Waals surface area (Å²) >= 11 is 0. The van der Waals surface area contributed by atoms with Crippen molar-refractivity contribution in [2.75, 3.05) is 6.61 Å². The maximum absolute atomic E-state index is 12.1. The van der Waals surface area contributed by atoms with E-state index in [1.165, 1.54) is 31.3 Å². The van der Waals surface area contributed by atoms with Crippen molar-refractivity contribution in [3.8, 4) is 0 Å². The van der Waals surface area contributed by atoms with Crippen molar-refractivity contribution >= 4 is 5.78 Å². The summed E-state index contributed by atoms with van der Waals surface area (Å²) in [5, 5.41) is 0. The summed E-state index contributed by atoms with van der Waals surface area (Å²) in [6, 6.07) is 0. The number of carbonyl (C=O) groups excluding carboxylic acids is 1. The van der Waals surface area contributed by atoms with Crippen molar-refractivity contribution in [3.63, 3.8) is 0 Å². The van der Waals surface area contributed by atoms with Gasteiger partial charge in [0.15, 0.2) is 5.78 Å². The zero-order valence-electron chi connectivity index (χ0n) is 16.5. The minimum atomic E-state index is 0.0341. The molecule has 4 fully saturated rings. The van der Waals surface area contributed by atoms with Gasteiger partial charge >= 0.3 is 0 Å². The lowest BCUT2D eigenvalue weighted by Gasteiger charge is -2.60. The summed E-state index contributed by atoms with van der Waals surface area (Å²) in [5.74, 6) is 5.47. The molecule has 0 aromatic carbocycles. The Hall–Kier alpha value is -1.15. The predicted octanol–water partition coefficient (Wildman–Crippen LogP) is 5.11. The molecule has 2 heteroatoms. The fraction of sp³-hybridized carbons (Fsp3) is 0.720. The number of allylic oxidation sites excluding steroid dienone is 2. The first-order valence-corrected chi connectivity index (χ1v) is 11.3. The van der Waals surface area contributed by atoms with Crippen LogP contribution in [0.25, 0.3) is 0 Å². The Balaban J connectivity index is 1.45. The van der Waals surface area contributed by atoms with E-state index in [4.69, 9.17) is 4.74 Å². The average Bonchev–Trinajstić information content (AvgIpc) is 3.26. The van der Waals surface area contributed by atoms with Gasteiger partial charge in [0.2, 0.25) is 0 Å². The highest BCUT2D eigenvalue weighted by atomic mass is 16.5. The van der Waals surface area contributed by atoms with Crippen LogP contribution >= 0.6 is 0 Å². The van der Waals surface area contributed by atoms with Gasteiger partial charge in [0, 0.05) is 11.8 Å². The number of hydrogen-bond donors (Lipinski definition) is 0. The van der Waals surface area contributed by atoms with E-state index in [1.807, 2.05) is 6.08 Å². The van der Waals surface area contributed by atoms with Gasteiger partial charge in [-0.2, -0.15) is 0 Å². The molecule has 0 aromatic rings. The lowest BCUT2D eigenvalue weighted by Crippen LogP contribution is -2.57. The van der Waals surface area contributed by atoms with Gasteiger partial charge < -0.3 is 4.74 Å². The highest BCUT2D eigenvalue weighted by Gasteiger charge is 2.77. The molecular weight excluding hydrogens is 332 g/mol. The van der Waals surface area contributed by atoms with Gasteiger partial charge in [-0.25, -0.2) is 0 Å². The molecule has 6 rings (SSSR count). The second-order valence-electron chi connectivity index (χ2n) is 10.3. The minimum Gasteiger partial charge on any atom is -0.366 e. The molecule has 2 nitrogen and oxygen atoms in total. The van der Waals surface area contributed by atoms with Crippen molar-refractivity contribution in [3.05, 3.63) is 36.5 Å². The van der Waals surface area contributed by atoms with E-state index in [9.17, 15) is 4.79 Å². The Kier molecular flexibility index (Phi) is 3.40. The Morgan fingerprint density at radius 2 is 2.22 bits per heavy atom. The molecule has 1 spiro atoms. The first-order valence-electron chi connectivity index (χ1n) is 11.3. The van der Waals surface area contributed by atoms with Crippen LogP contribution in [0.4, 0.5) is 0 Å². The number of ether oxygens (including phenoxy) is 1. The van der Waals surface area contributed by atoms with Crippen molar-refractivity contribution in [1.29, 1.82) is 0 Å². The van der Waals surface area contributed by atoms with E-state index in [-0.39, 0.29) is 5.60 Å². The van der Waals surface area contributed by atoms with Gasteiger partial charge in [0.1, 0.15) is 0 Å². The number of carbonyl (C=O) groups is 1. The van der Waals surface area contributed by atoms with Crippen LogP contribution in [-0.4, -0.2) is 18.0 Å². The summed E-state index contributed by atoms with van der Waals surface area (Å²) in [5.41, 5.74) is 1.83. The normalized spacial score (nSPS) is 54.8. The van der Waals surface area contributed by atoms with Crippen LogP contribution in [0.3, 0.4) is 0 Å². The fourth-order valence-electron chi connectivity index (χ4n) is 9.00. The lowest BCUT2D eigenvalue weighted by molar-refractivity contribution is -0.148. The minimum absolute atomic E-state index is 0.0341. The zero-order chi connectivity index (χ0) is 18.4. The maximum Gasteiger partial charge on any atom is 0.155 e. The first-order chi connectivity index (χ1) is 13.1. The van der Waals surface area contributed by atoms with Crippen molar-refractivity contribution in [2.24, 2.45) is 46.8 Å². The Morgan fingerprint density at radius 3 is 2.96 bits per heavy atom. The quantitative estimate of drug-likeness (QED) is 0.636. The predicted molar refractivity (Wildman–Crippen MR) is 106 cm³/mol. The molecule has 6 aliphatic rings. The second-order valence-corrected chi connectivity index (χ2v) is 10.3. The van der Waals surface area contributed by atoms with E-state index in [0.717, 1.165) is 55.5 Å². The van der Waals surface area contributed by atoms with Gasteiger partial charge in [-0.1, -0.05) is 30.7 Å². The van der Waals surface area contributed by atoms with Gasteiger partial charge in [-0.15, -0.1) is 6.58 Å². The van der Waals surface area contributed by atoms with E-state index in [0.29, 0.717) is 23.0 Å². The molecule has 0 amide bonds. The second kappa shape index (κ2) is 5.47. The highest BCUT2D eigenvalue weighted by Crippen LogP contribution is 2.79. The molecule has 4 saturated carbocycles. The van der Waals surface area contributed by atoms with Gasteiger partial charge in [-0.3, -0.25) is 4.79 Å². The molecule has 0 N–H and O–H groups in total. The van der Waals surface area contributed by atoms with Gasteiger partial charge in [0.25, 0.3) is 0 Å². The van der Waals surface area contributed by atoms with Crippen LogP contribution in [0.1, 0.15) is 51.9 Å². The van der Waals surface area contributed by atoms with E-state index < -0.39 is 0 Å². The van der Waals surface area contributed by atoms with Crippen LogP contribution < -0.4 is 0 Å². The van der Waals surface area contributed by atoms with Crippen molar-refractivity contribution in [1.82, 2.24) is 0 Å². The lowest BCUT2D eigenvalue weighted by atomic mass is 9.46. The number of hydrogen-bond acceptors (Lipinski definition) is 2. The third kappa shape index (κ3) is 1.89. The SMILES string of the molecule is C=CC1CC2=CC(=O)CC[C@@H]2C2CC[C@@]3(CC)C(C12)[C@@H]1C[C@@H]1[C@@]31C=CCO1. The van der Waals surface area contributed by atoms with Gasteiger partial charge in [0.05, 0.1) is 12.2 Å². The smallest absolute Gasteiger partial charge is 0.155 e. The van der Waals surface area contributed by atoms with Gasteiger partial charge in [-0.05, 0) is 86.0 Å².